The molecule has 0 N–H and O–H groups in total. The van der Waals surface area contributed by atoms with Crippen LogP contribution in [0.1, 0.15) is 64.7 Å². The molecular weight excluding hydrogens is 280 g/mol. The maximum Gasteiger partial charge on any atom is 0.134 e. The second-order valence-corrected chi connectivity index (χ2v) is 6.56. The quantitative estimate of drug-likeness (QED) is 0.513. The molecule has 1 aromatic heterocycles. The first kappa shape index (κ1) is 17.3. The van der Waals surface area contributed by atoms with Crippen LogP contribution in [0, 0.1) is 0 Å². The zero-order valence-electron chi connectivity index (χ0n) is 15.0. The van der Waals surface area contributed by atoms with Gasteiger partial charge in [-0.2, -0.15) is 0 Å². The van der Waals surface area contributed by atoms with E-state index in [0.717, 1.165) is 29.9 Å². The molecule has 122 valence electrons. The molecular formula is C22H28O. The van der Waals surface area contributed by atoms with E-state index < -0.39 is 0 Å². The summed E-state index contributed by atoms with van der Waals surface area (Å²) in [5.74, 6) is 2.47. The summed E-state index contributed by atoms with van der Waals surface area (Å²) in [5, 5.41) is 0. The van der Waals surface area contributed by atoms with Crippen LogP contribution < -0.4 is 0 Å². The van der Waals surface area contributed by atoms with Crippen molar-refractivity contribution in [2.24, 2.45) is 0 Å². The standard InChI is InChI=1S/C22H28O/c1-6-7-19(9-8-16(2)3)21-14-15-22(23-21)20-12-10-18(11-13-20)17(4)5/h7-8,10-15,17H,6,9H2,1-5H3/b19-7+. The van der Waals surface area contributed by atoms with E-state index in [9.17, 15) is 0 Å². The summed E-state index contributed by atoms with van der Waals surface area (Å²) < 4.78 is 6.12. The second-order valence-electron chi connectivity index (χ2n) is 6.56. The van der Waals surface area contributed by atoms with Gasteiger partial charge in [0.05, 0.1) is 0 Å². The predicted octanol–water partition coefficient (Wildman–Crippen LogP) is 7.22. The van der Waals surface area contributed by atoms with Gasteiger partial charge in [0.2, 0.25) is 0 Å². The molecule has 1 aromatic carbocycles. The Hall–Kier alpha value is -2.02. The summed E-state index contributed by atoms with van der Waals surface area (Å²) in [6.45, 7) is 10.9. The number of hydrogen-bond donors (Lipinski definition) is 0. The minimum atomic E-state index is 0.555. The van der Waals surface area contributed by atoms with E-state index in [1.165, 1.54) is 16.7 Å². The van der Waals surface area contributed by atoms with Gasteiger partial charge in [0.15, 0.2) is 0 Å². The number of rotatable bonds is 6. The van der Waals surface area contributed by atoms with Crippen molar-refractivity contribution in [3.63, 3.8) is 0 Å². The van der Waals surface area contributed by atoms with Crippen LogP contribution in [0.4, 0.5) is 0 Å². The first-order valence-corrected chi connectivity index (χ1v) is 8.54. The van der Waals surface area contributed by atoms with Crippen molar-refractivity contribution in [3.05, 3.63) is 65.4 Å². The number of allylic oxidation sites excluding steroid dienone is 4. The third-order valence-corrected chi connectivity index (χ3v) is 3.97. The molecule has 1 nitrogen and oxygen atoms in total. The summed E-state index contributed by atoms with van der Waals surface area (Å²) >= 11 is 0. The SMILES string of the molecule is CC/C=C(\CC=C(C)C)c1ccc(-c2ccc(C(C)C)cc2)o1. The van der Waals surface area contributed by atoms with Crippen LogP contribution in [0.3, 0.4) is 0 Å². The van der Waals surface area contributed by atoms with Crippen LogP contribution >= 0.6 is 0 Å². The Bertz CT molecular complexity index is 677. The lowest BCUT2D eigenvalue weighted by molar-refractivity contribution is 0.566. The molecule has 0 saturated carbocycles. The van der Waals surface area contributed by atoms with E-state index in [-0.39, 0.29) is 0 Å². The highest BCUT2D eigenvalue weighted by Gasteiger charge is 2.09. The molecule has 0 aliphatic heterocycles. The fourth-order valence-corrected chi connectivity index (χ4v) is 2.54. The van der Waals surface area contributed by atoms with Gasteiger partial charge in [0, 0.05) is 5.56 Å². The average Bonchev–Trinajstić information content (AvgIpc) is 3.01. The maximum atomic E-state index is 6.12. The number of benzene rings is 1. The van der Waals surface area contributed by atoms with Crippen molar-refractivity contribution in [1.29, 1.82) is 0 Å². The Morgan fingerprint density at radius 2 is 1.70 bits per heavy atom. The maximum absolute atomic E-state index is 6.12. The summed E-state index contributed by atoms with van der Waals surface area (Å²) in [6.07, 6.45) is 6.45. The molecule has 2 aromatic rings. The van der Waals surface area contributed by atoms with Gasteiger partial charge in [-0.15, -0.1) is 0 Å². The highest BCUT2D eigenvalue weighted by Crippen LogP contribution is 2.29. The molecule has 0 radical (unpaired) electrons. The van der Waals surface area contributed by atoms with E-state index in [1.54, 1.807) is 0 Å². The van der Waals surface area contributed by atoms with E-state index in [0.29, 0.717) is 5.92 Å². The van der Waals surface area contributed by atoms with Crippen LogP contribution in [0.15, 0.2) is 58.5 Å². The van der Waals surface area contributed by atoms with Crippen LogP contribution in [0.2, 0.25) is 0 Å². The van der Waals surface area contributed by atoms with Crippen LogP contribution in [-0.2, 0) is 0 Å². The Kier molecular flexibility index (Phi) is 6.04. The summed E-state index contributed by atoms with van der Waals surface area (Å²) in [4.78, 5) is 0. The second kappa shape index (κ2) is 8.01. The largest absolute Gasteiger partial charge is 0.456 e. The monoisotopic (exact) mass is 308 g/mol. The number of hydrogen-bond acceptors (Lipinski definition) is 1. The molecule has 0 amide bonds. The van der Waals surface area contributed by atoms with Crippen LogP contribution in [0.25, 0.3) is 16.9 Å². The fourth-order valence-electron chi connectivity index (χ4n) is 2.54. The van der Waals surface area contributed by atoms with Gasteiger partial charge < -0.3 is 4.42 Å². The van der Waals surface area contributed by atoms with Crippen molar-refractivity contribution in [2.45, 2.75) is 53.4 Å². The lowest BCUT2D eigenvalue weighted by atomic mass is 10.0. The molecule has 0 fully saturated rings. The Morgan fingerprint density at radius 1 is 1.00 bits per heavy atom. The van der Waals surface area contributed by atoms with Crippen molar-refractivity contribution in [3.8, 4) is 11.3 Å². The van der Waals surface area contributed by atoms with E-state index in [2.05, 4.69) is 83.2 Å². The van der Waals surface area contributed by atoms with E-state index in [1.807, 2.05) is 0 Å². The van der Waals surface area contributed by atoms with E-state index in [4.69, 9.17) is 4.42 Å². The molecule has 0 spiro atoms. The molecule has 0 aliphatic rings. The molecule has 0 saturated heterocycles. The van der Waals surface area contributed by atoms with E-state index >= 15 is 0 Å². The highest BCUT2D eigenvalue weighted by molar-refractivity contribution is 5.67. The zero-order valence-corrected chi connectivity index (χ0v) is 15.0. The van der Waals surface area contributed by atoms with Gasteiger partial charge >= 0.3 is 0 Å². The van der Waals surface area contributed by atoms with Crippen molar-refractivity contribution >= 4 is 5.57 Å². The molecule has 0 unspecified atom stereocenters. The fraction of sp³-hybridized carbons (Fsp3) is 0.364. The third kappa shape index (κ3) is 4.72. The van der Waals surface area contributed by atoms with Crippen LogP contribution in [-0.4, -0.2) is 0 Å². The number of furan rings is 1. The lowest BCUT2D eigenvalue weighted by Crippen LogP contribution is -1.86. The Morgan fingerprint density at radius 3 is 2.26 bits per heavy atom. The van der Waals surface area contributed by atoms with Gasteiger partial charge in [0.1, 0.15) is 11.5 Å². The smallest absolute Gasteiger partial charge is 0.134 e. The molecule has 0 aliphatic carbocycles. The van der Waals surface area contributed by atoms with Gasteiger partial charge in [-0.3, -0.25) is 0 Å². The van der Waals surface area contributed by atoms with Crippen molar-refractivity contribution in [2.75, 3.05) is 0 Å². The van der Waals surface area contributed by atoms with Crippen LogP contribution in [0.5, 0.6) is 0 Å². The highest BCUT2D eigenvalue weighted by atomic mass is 16.3. The molecule has 2 rings (SSSR count). The Balaban J connectivity index is 2.24. The summed E-state index contributed by atoms with van der Waals surface area (Å²) in [5.41, 5.74) is 5.09. The van der Waals surface area contributed by atoms with Gasteiger partial charge in [0.25, 0.3) is 0 Å². The van der Waals surface area contributed by atoms with Gasteiger partial charge in [-0.1, -0.05) is 62.8 Å². The van der Waals surface area contributed by atoms with Crippen molar-refractivity contribution in [1.82, 2.24) is 0 Å². The normalized spacial score (nSPS) is 11.8. The molecule has 0 bridgehead atoms. The molecule has 1 heteroatoms. The first-order valence-electron chi connectivity index (χ1n) is 8.54. The summed E-state index contributed by atoms with van der Waals surface area (Å²) in [6, 6.07) is 12.8. The molecule has 1 heterocycles. The lowest BCUT2D eigenvalue weighted by Gasteiger charge is -2.06. The minimum Gasteiger partial charge on any atom is -0.456 e. The Labute approximate surface area is 140 Å². The summed E-state index contributed by atoms with van der Waals surface area (Å²) in [7, 11) is 0. The van der Waals surface area contributed by atoms with Gasteiger partial charge in [-0.05, 0) is 55.9 Å². The predicted molar refractivity (Wildman–Crippen MR) is 101 cm³/mol. The van der Waals surface area contributed by atoms with Gasteiger partial charge in [-0.25, -0.2) is 0 Å². The topological polar surface area (TPSA) is 13.1 Å². The third-order valence-electron chi connectivity index (χ3n) is 3.97. The first-order chi connectivity index (χ1) is 11.0. The minimum absolute atomic E-state index is 0.555. The molecule has 23 heavy (non-hydrogen) atoms. The van der Waals surface area contributed by atoms with Crippen molar-refractivity contribution < 1.29 is 4.42 Å². The zero-order chi connectivity index (χ0) is 16.8. The molecule has 0 atom stereocenters. The average molecular weight is 308 g/mol.